The van der Waals surface area contributed by atoms with Crippen LogP contribution in [0.25, 0.3) is 33.1 Å². The summed E-state index contributed by atoms with van der Waals surface area (Å²) in [5.74, 6) is 0.494. The Morgan fingerprint density at radius 3 is 2.61 bits per heavy atom. The monoisotopic (exact) mass is 304 g/mol. The van der Waals surface area contributed by atoms with Crippen LogP contribution in [0.3, 0.4) is 0 Å². The number of rotatable bonds is 2. The fraction of sp³-hybridized carbons (Fsp3) is 0.167. The predicted octanol–water partition coefficient (Wildman–Crippen LogP) is 3.23. The number of aromatic nitrogens is 4. The third-order valence-electron chi connectivity index (χ3n) is 4.12. The van der Waals surface area contributed by atoms with E-state index in [1.165, 1.54) is 17.1 Å². The van der Waals surface area contributed by atoms with E-state index < -0.39 is 0 Å². The number of aromatic amines is 1. The lowest BCUT2D eigenvalue weighted by molar-refractivity contribution is -0.746. The Hall–Kier alpha value is -2.95. The van der Waals surface area contributed by atoms with Crippen molar-refractivity contribution in [2.24, 2.45) is 0 Å². The van der Waals surface area contributed by atoms with Gasteiger partial charge in [-0.2, -0.15) is 9.67 Å². The van der Waals surface area contributed by atoms with Crippen LogP contribution in [0.2, 0.25) is 0 Å². The number of anilines is 1. The molecule has 0 radical (unpaired) electrons. The van der Waals surface area contributed by atoms with Crippen LogP contribution in [0.15, 0.2) is 48.8 Å². The number of nitrogens with two attached hydrogens (primary N) is 1. The van der Waals surface area contributed by atoms with E-state index in [4.69, 9.17) is 5.73 Å². The fourth-order valence-corrected chi connectivity index (χ4v) is 2.97. The molecule has 0 aliphatic rings. The molecule has 0 amide bonds. The number of hydrogen-bond donors (Lipinski definition) is 2. The molecule has 2 aromatic carbocycles. The molecule has 0 aliphatic heterocycles. The van der Waals surface area contributed by atoms with Crippen molar-refractivity contribution in [3.63, 3.8) is 0 Å². The minimum absolute atomic E-state index is 0.251. The summed E-state index contributed by atoms with van der Waals surface area (Å²) in [6.07, 6.45) is 1.51. The SMILES string of the molecule is CC(C)[n+]1[nH]c(-c2ccc3ccccc3c2)c2c(N)ncnc21. The van der Waals surface area contributed by atoms with Crippen molar-refractivity contribution in [2.75, 3.05) is 5.73 Å². The summed E-state index contributed by atoms with van der Waals surface area (Å²) in [7, 11) is 0. The van der Waals surface area contributed by atoms with Crippen molar-refractivity contribution >= 4 is 27.6 Å². The Morgan fingerprint density at radius 1 is 1.04 bits per heavy atom. The zero-order valence-corrected chi connectivity index (χ0v) is 13.1. The first-order chi connectivity index (χ1) is 11.1. The zero-order chi connectivity index (χ0) is 16.0. The molecule has 0 bridgehead atoms. The van der Waals surface area contributed by atoms with Gasteiger partial charge in [-0.1, -0.05) is 36.4 Å². The zero-order valence-electron chi connectivity index (χ0n) is 13.1. The molecule has 0 fully saturated rings. The maximum Gasteiger partial charge on any atom is 0.356 e. The van der Waals surface area contributed by atoms with Crippen LogP contribution in [-0.4, -0.2) is 15.1 Å². The fourth-order valence-electron chi connectivity index (χ4n) is 2.97. The molecule has 2 heterocycles. The Balaban J connectivity index is 2.03. The lowest BCUT2D eigenvalue weighted by Gasteiger charge is -2.02. The molecule has 5 heteroatoms. The molecule has 0 aliphatic carbocycles. The second-order valence-electron chi connectivity index (χ2n) is 5.97. The molecule has 2 aromatic heterocycles. The summed E-state index contributed by atoms with van der Waals surface area (Å²) in [4.78, 5) is 8.57. The molecule has 3 N–H and O–H groups in total. The van der Waals surface area contributed by atoms with Crippen molar-refractivity contribution in [3.8, 4) is 11.3 Å². The van der Waals surface area contributed by atoms with Gasteiger partial charge < -0.3 is 5.73 Å². The number of benzene rings is 2. The van der Waals surface area contributed by atoms with Crippen LogP contribution in [0.4, 0.5) is 5.82 Å². The van der Waals surface area contributed by atoms with Gasteiger partial charge in [-0.05, 0) is 35.7 Å². The van der Waals surface area contributed by atoms with Crippen molar-refractivity contribution in [1.82, 2.24) is 15.1 Å². The number of fused-ring (bicyclic) bond motifs is 2. The highest BCUT2D eigenvalue weighted by atomic mass is 15.3. The summed E-state index contributed by atoms with van der Waals surface area (Å²) < 4.78 is 2.03. The summed E-state index contributed by atoms with van der Waals surface area (Å²) >= 11 is 0. The normalized spacial score (nSPS) is 11.6. The smallest absolute Gasteiger partial charge is 0.356 e. The molecule has 0 saturated heterocycles. The number of H-pyrrole nitrogens is 1. The molecule has 23 heavy (non-hydrogen) atoms. The number of nitrogen functional groups attached to an aromatic ring is 1. The van der Waals surface area contributed by atoms with E-state index in [-0.39, 0.29) is 6.04 Å². The minimum atomic E-state index is 0.251. The molecular formula is C18H18N5+. The van der Waals surface area contributed by atoms with Crippen LogP contribution in [0, 0.1) is 0 Å². The van der Waals surface area contributed by atoms with E-state index >= 15 is 0 Å². The molecule has 114 valence electrons. The van der Waals surface area contributed by atoms with E-state index in [2.05, 4.69) is 59.2 Å². The molecule has 0 saturated carbocycles. The maximum atomic E-state index is 6.14. The second-order valence-corrected chi connectivity index (χ2v) is 5.97. The van der Waals surface area contributed by atoms with Crippen LogP contribution in [0.1, 0.15) is 19.9 Å². The predicted molar refractivity (Wildman–Crippen MR) is 91.8 cm³/mol. The first-order valence-electron chi connectivity index (χ1n) is 7.68. The first kappa shape index (κ1) is 13.7. The van der Waals surface area contributed by atoms with Gasteiger partial charge in [-0.15, -0.1) is 0 Å². The van der Waals surface area contributed by atoms with Crippen molar-refractivity contribution in [1.29, 1.82) is 0 Å². The van der Waals surface area contributed by atoms with Gasteiger partial charge in [0.1, 0.15) is 22.9 Å². The molecular weight excluding hydrogens is 286 g/mol. The van der Waals surface area contributed by atoms with Crippen LogP contribution >= 0.6 is 0 Å². The highest BCUT2D eigenvalue weighted by Crippen LogP contribution is 2.30. The van der Waals surface area contributed by atoms with Crippen molar-refractivity contribution in [2.45, 2.75) is 19.9 Å². The van der Waals surface area contributed by atoms with Gasteiger partial charge in [-0.3, -0.25) is 0 Å². The first-order valence-corrected chi connectivity index (χ1v) is 7.68. The number of nitrogens with zero attached hydrogens (tertiary/aromatic N) is 3. The van der Waals surface area contributed by atoms with Gasteiger partial charge >= 0.3 is 5.65 Å². The third kappa shape index (κ3) is 2.12. The van der Waals surface area contributed by atoms with E-state index in [9.17, 15) is 0 Å². The molecule has 0 spiro atoms. The van der Waals surface area contributed by atoms with Gasteiger partial charge in [0, 0.05) is 5.56 Å². The average Bonchev–Trinajstić information content (AvgIpc) is 2.96. The summed E-state index contributed by atoms with van der Waals surface area (Å²) in [5.41, 5.74) is 9.00. The lowest BCUT2D eigenvalue weighted by Crippen LogP contribution is -2.39. The number of hydrogen-bond acceptors (Lipinski definition) is 3. The van der Waals surface area contributed by atoms with Crippen molar-refractivity contribution in [3.05, 3.63) is 48.8 Å². The van der Waals surface area contributed by atoms with Gasteiger partial charge in [0.2, 0.25) is 6.33 Å². The molecule has 4 aromatic rings. The summed E-state index contributed by atoms with van der Waals surface area (Å²) in [6.45, 7) is 4.22. The van der Waals surface area contributed by atoms with Crippen LogP contribution < -0.4 is 10.4 Å². The third-order valence-corrected chi connectivity index (χ3v) is 4.12. The standard InChI is InChI=1S/C18H17N5/c1-11(2)23-18-15(17(19)20-10-21-18)16(22-23)14-8-7-12-5-3-4-6-13(12)9-14/h3-11H,1-2H3,(H2,19,20,21,22)/p+1. The molecule has 5 nitrogen and oxygen atoms in total. The number of nitrogens with one attached hydrogen (secondary N) is 1. The van der Waals surface area contributed by atoms with Gasteiger partial charge in [0.25, 0.3) is 0 Å². The molecule has 0 unspecified atom stereocenters. The largest absolute Gasteiger partial charge is 0.383 e. The van der Waals surface area contributed by atoms with Gasteiger partial charge in [-0.25, -0.2) is 5.10 Å². The Morgan fingerprint density at radius 2 is 1.83 bits per heavy atom. The Labute approximate surface area is 133 Å². The summed E-state index contributed by atoms with van der Waals surface area (Å²) in [6, 6.07) is 15.0. The lowest BCUT2D eigenvalue weighted by atomic mass is 10.0. The van der Waals surface area contributed by atoms with Crippen LogP contribution in [-0.2, 0) is 0 Å². The van der Waals surface area contributed by atoms with Crippen LogP contribution in [0.5, 0.6) is 0 Å². The van der Waals surface area contributed by atoms with Crippen molar-refractivity contribution < 1.29 is 4.68 Å². The Kier molecular flexibility index (Phi) is 3.01. The maximum absolute atomic E-state index is 6.14. The quantitative estimate of drug-likeness (QED) is 0.558. The summed E-state index contributed by atoms with van der Waals surface area (Å²) in [5, 5.41) is 6.73. The molecule has 4 rings (SSSR count). The van der Waals surface area contributed by atoms with Gasteiger partial charge in [0.05, 0.1) is 0 Å². The van der Waals surface area contributed by atoms with E-state index in [1.54, 1.807) is 0 Å². The topological polar surface area (TPSA) is 71.5 Å². The van der Waals surface area contributed by atoms with E-state index in [1.807, 2.05) is 16.8 Å². The molecule has 0 atom stereocenters. The van der Waals surface area contributed by atoms with Gasteiger partial charge in [0.15, 0.2) is 0 Å². The second kappa shape index (κ2) is 5.05. The average molecular weight is 304 g/mol. The van der Waals surface area contributed by atoms with E-state index in [0.29, 0.717) is 5.82 Å². The Bertz CT molecular complexity index is 1020. The highest BCUT2D eigenvalue weighted by Gasteiger charge is 2.24. The highest BCUT2D eigenvalue weighted by molar-refractivity contribution is 5.98. The van der Waals surface area contributed by atoms with E-state index in [0.717, 1.165) is 22.3 Å². The minimum Gasteiger partial charge on any atom is -0.383 e.